The number of amides is 1. The van der Waals surface area contributed by atoms with Crippen molar-refractivity contribution in [2.45, 2.75) is 20.4 Å². The number of hydrogen-bond donors (Lipinski definition) is 2. The molecule has 21 heavy (non-hydrogen) atoms. The zero-order chi connectivity index (χ0) is 15.0. The largest absolute Gasteiger partial charge is 0.343 e. The van der Waals surface area contributed by atoms with E-state index in [1.54, 1.807) is 17.9 Å². The highest BCUT2D eigenvalue weighted by Gasteiger charge is 2.14. The van der Waals surface area contributed by atoms with E-state index >= 15 is 0 Å². The predicted octanol–water partition coefficient (Wildman–Crippen LogP) is 1.84. The normalized spacial score (nSPS) is 11.0. The van der Waals surface area contributed by atoms with E-state index in [2.05, 4.69) is 20.3 Å². The Kier molecular flexibility index (Phi) is 3.21. The number of carbonyl (C=O) groups is 1. The third kappa shape index (κ3) is 2.40. The van der Waals surface area contributed by atoms with Gasteiger partial charge >= 0.3 is 0 Å². The first-order chi connectivity index (χ1) is 10.1. The van der Waals surface area contributed by atoms with Crippen molar-refractivity contribution in [1.29, 1.82) is 0 Å². The molecular weight excluding hydrogens is 266 g/mol. The Morgan fingerprint density at radius 3 is 2.86 bits per heavy atom. The van der Waals surface area contributed by atoms with Crippen LogP contribution in [0.1, 0.15) is 27.6 Å². The minimum Gasteiger partial charge on any atom is -0.343 e. The summed E-state index contributed by atoms with van der Waals surface area (Å²) in [6.07, 6.45) is 1.63. The molecule has 0 saturated carbocycles. The third-order valence-corrected chi connectivity index (χ3v) is 3.51. The van der Waals surface area contributed by atoms with Crippen molar-refractivity contribution in [2.75, 3.05) is 0 Å². The van der Waals surface area contributed by atoms with Gasteiger partial charge < -0.3 is 14.9 Å². The van der Waals surface area contributed by atoms with Gasteiger partial charge in [0.25, 0.3) is 5.91 Å². The molecule has 0 fully saturated rings. The molecule has 6 nitrogen and oxygen atoms in total. The SMILES string of the molecule is Cc1ncn(C)c1C(=O)NCc1nc2c(C)cccc2[nH]1. The molecule has 0 atom stereocenters. The molecule has 0 spiro atoms. The highest BCUT2D eigenvalue weighted by Crippen LogP contribution is 2.15. The van der Waals surface area contributed by atoms with Crippen molar-refractivity contribution in [2.24, 2.45) is 7.05 Å². The highest BCUT2D eigenvalue weighted by molar-refractivity contribution is 5.93. The van der Waals surface area contributed by atoms with Gasteiger partial charge in [-0.1, -0.05) is 12.1 Å². The van der Waals surface area contributed by atoms with Crippen LogP contribution < -0.4 is 5.32 Å². The van der Waals surface area contributed by atoms with Crippen LogP contribution in [-0.2, 0) is 13.6 Å². The van der Waals surface area contributed by atoms with Crippen molar-refractivity contribution in [1.82, 2.24) is 24.8 Å². The summed E-state index contributed by atoms with van der Waals surface area (Å²) >= 11 is 0. The molecule has 0 aliphatic heterocycles. The first-order valence-corrected chi connectivity index (χ1v) is 6.76. The van der Waals surface area contributed by atoms with E-state index in [0.717, 1.165) is 28.1 Å². The number of aromatic amines is 1. The standard InChI is InChI=1S/C15H17N5O/c1-9-5-4-6-11-13(9)19-12(18-11)7-16-15(21)14-10(2)17-8-20(14)3/h4-6,8H,7H2,1-3H3,(H,16,21)(H,18,19). The number of benzene rings is 1. The van der Waals surface area contributed by atoms with Crippen LogP contribution in [0.2, 0.25) is 0 Å². The van der Waals surface area contributed by atoms with Gasteiger partial charge in [0, 0.05) is 7.05 Å². The lowest BCUT2D eigenvalue weighted by atomic mass is 10.2. The lowest BCUT2D eigenvalue weighted by Gasteiger charge is -2.04. The molecule has 3 aromatic rings. The highest BCUT2D eigenvalue weighted by atomic mass is 16.2. The second-order valence-corrected chi connectivity index (χ2v) is 5.13. The predicted molar refractivity (Wildman–Crippen MR) is 79.9 cm³/mol. The van der Waals surface area contributed by atoms with Crippen LogP contribution in [0, 0.1) is 13.8 Å². The lowest BCUT2D eigenvalue weighted by Crippen LogP contribution is -2.26. The van der Waals surface area contributed by atoms with Gasteiger partial charge in [-0.15, -0.1) is 0 Å². The van der Waals surface area contributed by atoms with E-state index in [-0.39, 0.29) is 5.91 Å². The van der Waals surface area contributed by atoms with E-state index in [0.29, 0.717) is 12.2 Å². The fraction of sp³-hybridized carbons (Fsp3) is 0.267. The quantitative estimate of drug-likeness (QED) is 0.770. The maximum Gasteiger partial charge on any atom is 0.270 e. The molecule has 1 amide bonds. The van der Waals surface area contributed by atoms with Crippen LogP contribution in [0.3, 0.4) is 0 Å². The molecule has 3 rings (SSSR count). The fourth-order valence-corrected chi connectivity index (χ4v) is 2.43. The lowest BCUT2D eigenvalue weighted by molar-refractivity contribution is 0.0941. The first-order valence-electron chi connectivity index (χ1n) is 6.76. The third-order valence-electron chi connectivity index (χ3n) is 3.51. The minimum absolute atomic E-state index is 0.148. The van der Waals surface area contributed by atoms with Crippen molar-refractivity contribution >= 4 is 16.9 Å². The smallest absolute Gasteiger partial charge is 0.270 e. The van der Waals surface area contributed by atoms with Crippen LogP contribution in [-0.4, -0.2) is 25.4 Å². The average molecular weight is 283 g/mol. The minimum atomic E-state index is -0.148. The van der Waals surface area contributed by atoms with Gasteiger partial charge in [0.2, 0.25) is 0 Å². The zero-order valence-corrected chi connectivity index (χ0v) is 12.3. The number of carbonyl (C=O) groups excluding carboxylic acids is 1. The van der Waals surface area contributed by atoms with Gasteiger partial charge in [0.1, 0.15) is 11.5 Å². The van der Waals surface area contributed by atoms with Gasteiger partial charge in [-0.05, 0) is 25.5 Å². The molecule has 108 valence electrons. The van der Waals surface area contributed by atoms with Crippen LogP contribution in [0.15, 0.2) is 24.5 Å². The number of fused-ring (bicyclic) bond motifs is 1. The van der Waals surface area contributed by atoms with Gasteiger partial charge in [0.15, 0.2) is 0 Å². The second-order valence-electron chi connectivity index (χ2n) is 5.13. The summed E-state index contributed by atoms with van der Waals surface area (Å²) in [4.78, 5) is 24.0. The monoisotopic (exact) mass is 283 g/mol. The van der Waals surface area contributed by atoms with Gasteiger partial charge in [-0.25, -0.2) is 9.97 Å². The topological polar surface area (TPSA) is 75.6 Å². The number of nitrogens with one attached hydrogen (secondary N) is 2. The average Bonchev–Trinajstić information content (AvgIpc) is 3.01. The Bertz CT molecular complexity index is 795. The molecular formula is C15H17N5O. The summed E-state index contributed by atoms with van der Waals surface area (Å²) in [7, 11) is 1.81. The van der Waals surface area contributed by atoms with E-state index in [4.69, 9.17) is 0 Å². The van der Waals surface area contributed by atoms with Gasteiger partial charge in [-0.3, -0.25) is 4.79 Å². The Morgan fingerprint density at radius 2 is 2.19 bits per heavy atom. The Morgan fingerprint density at radius 1 is 1.38 bits per heavy atom. The second kappa shape index (κ2) is 5.05. The molecule has 2 heterocycles. The van der Waals surface area contributed by atoms with Crippen molar-refractivity contribution < 1.29 is 4.79 Å². The summed E-state index contributed by atoms with van der Waals surface area (Å²) in [5, 5.41) is 2.87. The maximum absolute atomic E-state index is 12.2. The number of H-pyrrole nitrogens is 1. The number of imidazole rings is 2. The molecule has 2 aromatic heterocycles. The molecule has 1 aromatic carbocycles. The number of hydrogen-bond acceptors (Lipinski definition) is 3. The Balaban J connectivity index is 1.77. The number of rotatable bonds is 3. The van der Waals surface area contributed by atoms with Gasteiger partial charge in [0.05, 0.1) is 29.6 Å². The van der Waals surface area contributed by atoms with E-state index in [9.17, 15) is 4.79 Å². The summed E-state index contributed by atoms with van der Waals surface area (Å²) in [5.74, 6) is 0.595. The van der Waals surface area contributed by atoms with Crippen molar-refractivity contribution in [3.63, 3.8) is 0 Å². The molecule has 6 heteroatoms. The summed E-state index contributed by atoms with van der Waals surface area (Å²) in [6, 6.07) is 5.98. The number of aryl methyl sites for hydroxylation is 3. The first kappa shape index (κ1) is 13.4. The van der Waals surface area contributed by atoms with E-state index in [1.165, 1.54) is 0 Å². The summed E-state index contributed by atoms with van der Waals surface area (Å²) in [5.41, 5.74) is 4.33. The molecule has 2 N–H and O–H groups in total. The number of aromatic nitrogens is 4. The van der Waals surface area contributed by atoms with Crippen molar-refractivity contribution in [3.05, 3.63) is 47.3 Å². The Labute approximate surface area is 122 Å². The van der Waals surface area contributed by atoms with Crippen LogP contribution in [0.25, 0.3) is 11.0 Å². The van der Waals surface area contributed by atoms with E-state index < -0.39 is 0 Å². The van der Waals surface area contributed by atoms with Gasteiger partial charge in [-0.2, -0.15) is 0 Å². The molecule has 0 unspecified atom stereocenters. The molecule has 0 saturated heterocycles. The number of nitrogens with zero attached hydrogens (tertiary/aromatic N) is 3. The van der Waals surface area contributed by atoms with Crippen LogP contribution >= 0.6 is 0 Å². The van der Waals surface area contributed by atoms with E-state index in [1.807, 2.05) is 32.0 Å². The maximum atomic E-state index is 12.2. The molecule has 0 radical (unpaired) electrons. The Hall–Kier alpha value is -2.63. The zero-order valence-electron chi connectivity index (χ0n) is 12.3. The molecule has 0 bridgehead atoms. The molecule has 0 aliphatic carbocycles. The summed E-state index contributed by atoms with van der Waals surface area (Å²) in [6.45, 7) is 4.20. The van der Waals surface area contributed by atoms with Crippen LogP contribution in [0.4, 0.5) is 0 Å². The molecule has 0 aliphatic rings. The van der Waals surface area contributed by atoms with Crippen LogP contribution in [0.5, 0.6) is 0 Å². The summed E-state index contributed by atoms with van der Waals surface area (Å²) < 4.78 is 1.72. The number of para-hydroxylation sites is 1. The fourth-order valence-electron chi connectivity index (χ4n) is 2.43. The van der Waals surface area contributed by atoms with Crippen molar-refractivity contribution in [3.8, 4) is 0 Å².